The monoisotopic (exact) mass is 296 g/mol. The summed E-state index contributed by atoms with van der Waals surface area (Å²) in [6.07, 6.45) is 3.41. The van der Waals surface area contributed by atoms with Gasteiger partial charge in [-0.3, -0.25) is 4.99 Å². The van der Waals surface area contributed by atoms with E-state index in [2.05, 4.69) is 35.1 Å². The van der Waals surface area contributed by atoms with E-state index in [9.17, 15) is 0 Å². The van der Waals surface area contributed by atoms with Crippen molar-refractivity contribution in [2.75, 3.05) is 12.4 Å². The molecule has 0 saturated carbocycles. The van der Waals surface area contributed by atoms with Gasteiger partial charge in [0.25, 0.3) is 0 Å². The van der Waals surface area contributed by atoms with Crippen LogP contribution in [0.15, 0.2) is 23.2 Å². The van der Waals surface area contributed by atoms with Crippen molar-refractivity contribution in [2.45, 2.75) is 26.2 Å². The summed E-state index contributed by atoms with van der Waals surface area (Å²) in [5.41, 5.74) is 6.42. The van der Waals surface area contributed by atoms with Crippen molar-refractivity contribution < 1.29 is 0 Å². The zero-order valence-electron chi connectivity index (χ0n) is 11.0. The first-order valence-electron chi connectivity index (χ1n) is 6.50. The van der Waals surface area contributed by atoms with Gasteiger partial charge < -0.3 is 4.98 Å². The van der Waals surface area contributed by atoms with Gasteiger partial charge in [0.05, 0.1) is 18.0 Å². The molecule has 1 aromatic carbocycles. The summed E-state index contributed by atoms with van der Waals surface area (Å²) in [5.74, 6) is 0.595. The Hall–Kier alpha value is -0.990. The third-order valence-corrected chi connectivity index (χ3v) is 3.75. The smallest absolute Gasteiger partial charge is 0.0637 e. The van der Waals surface area contributed by atoms with E-state index in [0.717, 1.165) is 12.8 Å². The summed E-state index contributed by atoms with van der Waals surface area (Å²) in [4.78, 5) is 8.14. The molecule has 0 amide bonds. The number of alkyl halides is 1. The zero-order chi connectivity index (χ0) is 12.5. The van der Waals surface area contributed by atoms with Gasteiger partial charge in [-0.25, -0.2) is 0 Å². The lowest BCUT2D eigenvalue weighted by Gasteiger charge is -2.14. The van der Waals surface area contributed by atoms with Crippen LogP contribution in [-0.2, 0) is 6.42 Å². The number of fused-ring (bicyclic) bond motifs is 3. The Balaban J connectivity index is 0.00000133. The summed E-state index contributed by atoms with van der Waals surface area (Å²) in [6, 6.07) is 6.59. The molecule has 19 heavy (non-hydrogen) atoms. The molecule has 4 heteroatoms. The lowest BCUT2D eigenvalue weighted by molar-refractivity contribution is 0.836. The highest BCUT2D eigenvalue weighted by Crippen LogP contribution is 2.30. The second kappa shape index (κ2) is 5.98. The third kappa shape index (κ3) is 2.65. The molecule has 0 bridgehead atoms. The van der Waals surface area contributed by atoms with Gasteiger partial charge in [-0.15, -0.1) is 24.0 Å². The number of nitrogens with zero attached hydrogens (tertiary/aromatic N) is 1. The van der Waals surface area contributed by atoms with Gasteiger partial charge in [0.1, 0.15) is 0 Å². The van der Waals surface area contributed by atoms with Gasteiger partial charge in [-0.05, 0) is 43.9 Å². The molecule has 1 N–H and O–H groups in total. The summed E-state index contributed by atoms with van der Waals surface area (Å²) >= 11 is 5.73. The van der Waals surface area contributed by atoms with Crippen LogP contribution in [0.3, 0.4) is 0 Å². The molecule has 1 aliphatic rings. The molecule has 0 unspecified atom stereocenters. The Morgan fingerprint density at radius 1 is 1.32 bits per heavy atom. The largest absolute Gasteiger partial charge is 0.353 e. The van der Waals surface area contributed by atoms with E-state index >= 15 is 0 Å². The first kappa shape index (κ1) is 14.4. The van der Waals surface area contributed by atoms with E-state index in [1.807, 2.05) is 0 Å². The number of H-pyrrole nitrogens is 1. The van der Waals surface area contributed by atoms with Crippen molar-refractivity contribution in [1.82, 2.24) is 4.98 Å². The molecular weight excluding hydrogens is 279 g/mol. The summed E-state index contributed by atoms with van der Waals surface area (Å²) < 4.78 is 0. The van der Waals surface area contributed by atoms with Crippen LogP contribution in [0, 0.1) is 6.92 Å². The highest BCUT2D eigenvalue weighted by Gasteiger charge is 2.20. The first-order chi connectivity index (χ1) is 8.79. The molecule has 0 fully saturated rings. The topological polar surface area (TPSA) is 28.1 Å². The number of nitrogens with one attached hydrogen (secondary N) is 1. The summed E-state index contributed by atoms with van der Waals surface area (Å²) in [7, 11) is 0. The number of aromatic nitrogens is 1. The maximum Gasteiger partial charge on any atom is 0.0637 e. The molecule has 2 nitrogen and oxygen atoms in total. The van der Waals surface area contributed by atoms with Crippen LogP contribution in [0.2, 0.25) is 0 Å². The minimum atomic E-state index is 0. The second-order valence-corrected chi connectivity index (χ2v) is 5.28. The van der Waals surface area contributed by atoms with Crippen molar-refractivity contribution >= 4 is 40.6 Å². The van der Waals surface area contributed by atoms with Gasteiger partial charge in [-0.2, -0.15) is 0 Å². The van der Waals surface area contributed by atoms with Gasteiger partial charge >= 0.3 is 0 Å². The van der Waals surface area contributed by atoms with Gasteiger partial charge in [0, 0.05) is 16.8 Å². The molecule has 1 aromatic heterocycles. The Morgan fingerprint density at radius 3 is 2.95 bits per heavy atom. The molecule has 3 rings (SSSR count). The Kier molecular flexibility index (Phi) is 4.54. The zero-order valence-corrected chi connectivity index (χ0v) is 12.6. The van der Waals surface area contributed by atoms with Crippen LogP contribution >= 0.6 is 24.0 Å². The SMILES string of the molecule is Cc1ccc2[nH]c3c(c2c1)CCCC3=NCCCl.Cl. The van der Waals surface area contributed by atoms with Crippen LogP contribution < -0.4 is 0 Å². The van der Waals surface area contributed by atoms with E-state index < -0.39 is 0 Å². The minimum absolute atomic E-state index is 0. The predicted octanol–water partition coefficient (Wildman–Crippen LogP) is 4.26. The summed E-state index contributed by atoms with van der Waals surface area (Å²) in [5, 5.41) is 1.36. The quantitative estimate of drug-likeness (QED) is 0.802. The molecule has 2 aromatic rings. The molecule has 102 valence electrons. The molecule has 1 heterocycles. The molecule has 0 aliphatic heterocycles. The van der Waals surface area contributed by atoms with Crippen molar-refractivity contribution in [1.29, 1.82) is 0 Å². The van der Waals surface area contributed by atoms with Crippen LogP contribution in [0.5, 0.6) is 0 Å². The fraction of sp³-hybridized carbons (Fsp3) is 0.400. The van der Waals surface area contributed by atoms with Crippen molar-refractivity contribution in [3.8, 4) is 0 Å². The lowest BCUT2D eigenvalue weighted by atomic mass is 9.93. The van der Waals surface area contributed by atoms with E-state index in [-0.39, 0.29) is 12.4 Å². The van der Waals surface area contributed by atoms with E-state index in [0.29, 0.717) is 12.4 Å². The normalized spacial score (nSPS) is 16.4. The Labute approximate surface area is 124 Å². The fourth-order valence-electron chi connectivity index (χ4n) is 2.76. The predicted molar refractivity (Wildman–Crippen MR) is 85.3 cm³/mol. The van der Waals surface area contributed by atoms with Crippen molar-refractivity contribution in [3.63, 3.8) is 0 Å². The minimum Gasteiger partial charge on any atom is -0.353 e. The molecular formula is C15H18Cl2N2. The maximum atomic E-state index is 5.73. The number of halogens is 2. The second-order valence-electron chi connectivity index (χ2n) is 4.90. The van der Waals surface area contributed by atoms with Crippen LogP contribution in [0.4, 0.5) is 0 Å². The van der Waals surface area contributed by atoms with Crippen molar-refractivity contribution in [3.05, 3.63) is 35.0 Å². The standard InChI is InChI=1S/C15H17ClN2.ClH/c1-10-5-6-13-12(9-10)11-3-2-4-14(15(11)18-13)17-8-7-16;/h5-6,9,18H,2-4,7-8H2,1H3;1H. The number of aliphatic imine (C=N–C) groups is 1. The average molecular weight is 297 g/mol. The van der Waals surface area contributed by atoms with Crippen LogP contribution in [-0.4, -0.2) is 23.1 Å². The lowest BCUT2D eigenvalue weighted by Crippen LogP contribution is -2.12. The molecule has 0 saturated heterocycles. The number of aryl methyl sites for hydroxylation is 2. The first-order valence-corrected chi connectivity index (χ1v) is 7.04. The van der Waals surface area contributed by atoms with E-state index in [1.165, 1.54) is 39.9 Å². The number of aromatic amines is 1. The van der Waals surface area contributed by atoms with Crippen LogP contribution in [0.25, 0.3) is 10.9 Å². The maximum absolute atomic E-state index is 5.73. The van der Waals surface area contributed by atoms with Crippen molar-refractivity contribution in [2.24, 2.45) is 4.99 Å². The number of rotatable bonds is 2. The number of hydrogen-bond donors (Lipinski definition) is 1. The van der Waals surface area contributed by atoms with E-state index in [4.69, 9.17) is 11.6 Å². The van der Waals surface area contributed by atoms with Gasteiger partial charge in [0.15, 0.2) is 0 Å². The van der Waals surface area contributed by atoms with E-state index in [1.54, 1.807) is 0 Å². The van der Waals surface area contributed by atoms with Crippen LogP contribution in [0.1, 0.15) is 29.7 Å². The fourth-order valence-corrected chi connectivity index (χ4v) is 2.84. The molecule has 1 aliphatic carbocycles. The van der Waals surface area contributed by atoms with Gasteiger partial charge in [-0.1, -0.05) is 11.6 Å². The summed E-state index contributed by atoms with van der Waals surface area (Å²) in [6.45, 7) is 2.86. The highest BCUT2D eigenvalue weighted by atomic mass is 35.5. The average Bonchev–Trinajstić information content (AvgIpc) is 2.75. The molecule has 0 atom stereocenters. The Morgan fingerprint density at radius 2 is 2.16 bits per heavy atom. The molecule has 0 spiro atoms. The molecule has 0 radical (unpaired) electrons. The van der Waals surface area contributed by atoms with Gasteiger partial charge in [0.2, 0.25) is 0 Å². The number of hydrogen-bond acceptors (Lipinski definition) is 1. The Bertz CT molecular complexity index is 614. The number of benzene rings is 1. The third-order valence-electron chi connectivity index (χ3n) is 3.58. The highest BCUT2D eigenvalue weighted by molar-refractivity contribution is 6.18.